The number of carbonyl (C=O) groups excluding carboxylic acids is 3. The van der Waals surface area contributed by atoms with E-state index in [0.29, 0.717) is 12.1 Å². The molecule has 1 N–H and O–H groups in total. The Bertz CT molecular complexity index is 993. The van der Waals surface area contributed by atoms with Gasteiger partial charge in [0.2, 0.25) is 0 Å². The molecule has 1 heterocycles. The van der Waals surface area contributed by atoms with Crippen LogP contribution in [-0.4, -0.2) is 41.6 Å². The molecule has 29 heavy (non-hydrogen) atoms. The number of methoxy groups -OCH3 is 2. The lowest BCUT2D eigenvalue weighted by molar-refractivity contribution is 0.0599. The standard InChI is InChI=1S/C21H19N3O5/c1-28-20(26)16-9-17(21(27)29-2)11-18(10-16)23-19(25)15-5-3-14(4-6-15)12-24-8-7-22-13-24/h3-11,13H,12H2,1-2H3,(H,23,25). The minimum Gasteiger partial charge on any atom is -0.465 e. The van der Waals surface area contributed by atoms with Crippen molar-refractivity contribution in [3.05, 3.63) is 83.4 Å². The number of nitrogens with zero attached hydrogens (tertiary/aromatic N) is 2. The largest absolute Gasteiger partial charge is 0.465 e. The molecular weight excluding hydrogens is 374 g/mol. The molecule has 0 radical (unpaired) electrons. The van der Waals surface area contributed by atoms with Crippen LogP contribution >= 0.6 is 0 Å². The summed E-state index contributed by atoms with van der Waals surface area (Å²) >= 11 is 0. The smallest absolute Gasteiger partial charge is 0.337 e. The van der Waals surface area contributed by atoms with Crippen LogP contribution < -0.4 is 5.32 Å². The van der Waals surface area contributed by atoms with Gasteiger partial charge in [-0.15, -0.1) is 0 Å². The van der Waals surface area contributed by atoms with E-state index in [2.05, 4.69) is 10.3 Å². The zero-order valence-corrected chi connectivity index (χ0v) is 15.9. The first kappa shape index (κ1) is 19.8. The highest BCUT2D eigenvalue weighted by atomic mass is 16.5. The Morgan fingerprint density at radius 1 is 0.931 bits per heavy atom. The molecule has 0 bridgehead atoms. The Balaban J connectivity index is 1.78. The van der Waals surface area contributed by atoms with Crippen LogP contribution in [0.4, 0.5) is 5.69 Å². The van der Waals surface area contributed by atoms with Gasteiger partial charge in [-0.3, -0.25) is 4.79 Å². The molecule has 0 saturated carbocycles. The molecule has 0 spiro atoms. The minimum atomic E-state index is -0.630. The van der Waals surface area contributed by atoms with Crippen LogP contribution in [-0.2, 0) is 16.0 Å². The third kappa shape index (κ3) is 4.86. The summed E-state index contributed by atoms with van der Waals surface area (Å²) in [6.07, 6.45) is 5.27. The highest BCUT2D eigenvalue weighted by Crippen LogP contribution is 2.18. The van der Waals surface area contributed by atoms with E-state index < -0.39 is 11.9 Å². The van der Waals surface area contributed by atoms with Crippen LogP contribution in [0.5, 0.6) is 0 Å². The normalized spacial score (nSPS) is 10.3. The van der Waals surface area contributed by atoms with Crippen LogP contribution in [0.3, 0.4) is 0 Å². The fourth-order valence-electron chi connectivity index (χ4n) is 2.73. The second-order valence-corrected chi connectivity index (χ2v) is 6.17. The molecule has 148 valence electrons. The quantitative estimate of drug-likeness (QED) is 0.647. The highest BCUT2D eigenvalue weighted by molar-refractivity contribution is 6.06. The number of esters is 2. The molecule has 8 nitrogen and oxygen atoms in total. The van der Waals surface area contributed by atoms with E-state index >= 15 is 0 Å². The van der Waals surface area contributed by atoms with E-state index in [1.54, 1.807) is 24.7 Å². The van der Waals surface area contributed by atoms with Gasteiger partial charge in [0.1, 0.15) is 0 Å². The van der Waals surface area contributed by atoms with E-state index in [1.807, 2.05) is 22.9 Å². The first-order valence-corrected chi connectivity index (χ1v) is 8.68. The second-order valence-electron chi connectivity index (χ2n) is 6.17. The Morgan fingerprint density at radius 2 is 1.55 bits per heavy atom. The lowest BCUT2D eigenvalue weighted by Gasteiger charge is -2.10. The molecule has 0 aliphatic rings. The summed E-state index contributed by atoms with van der Waals surface area (Å²) in [6.45, 7) is 0.644. The van der Waals surface area contributed by atoms with Gasteiger partial charge in [0.15, 0.2) is 0 Å². The number of ether oxygens (including phenoxy) is 2. The van der Waals surface area contributed by atoms with Gasteiger partial charge in [-0.25, -0.2) is 14.6 Å². The molecule has 8 heteroatoms. The maximum absolute atomic E-state index is 12.6. The van der Waals surface area contributed by atoms with Crippen LogP contribution in [0.15, 0.2) is 61.2 Å². The first-order valence-electron chi connectivity index (χ1n) is 8.68. The Labute approximate surface area is 167 Å². The van der Waals surface area contributed by atoms with Crippen molar-refractivity contribution < 1.29 is 23.9 Å². The second kappa shape index (κ2) is 8.83. The van der Waals surface area contributed by atoms with Crippen molar-refractivity contribution in [3.63, 3.8) is 0 Å². The number of rotatable bonds is 6. The number of aromatic nitrogens is 2. The number of imidazole rings is 1. The lowest BCUT2D eigenvalue weighted by atomic mass is 10.1. The summed E-state index contributed by atoms with van der Waals surface area (Å²) in [5, 5.41) is 2.69. The molecule has 1 amide bonds. The fourth-order valence-corrected chi connectivity index (χ4v) is 2.73. The minimum absolute atomic E-state index is 0.126. The molecule has 2 aromatic carbocycles. The third-order valence-corrected chi connectivity index (χ3v) is 4.17. The Morgan fingerprint density at radius 3 is 2.07 bits per heavy atom. The van der Waals surface area contributed by atoms with Crippen molar-refractivity contribution >= 4 is 23.5 Å². The van der Waals surface area contributed by atoms with Gasteiger partial charge in [0, 0.05) is 30.2 Å². The van der Waals surface area contributed by atoms with Crippen molar-refractivity contribution in [2.24, 2.45) is 0 Å². The SMILES string of the molecule is COC(=O)c1cc(NC(=O)c2ccc(Cn3ccnc3)cc2)cc(C(=O)OC)c1. The molecule has 0 aliphatic heterocycles. The van der Waals surface area contributed by atoms with Gasteiger partial charge in [0.25, 0.3) is 5.91 Å². The van der Waals surface area contributed by atoms with Crippen LogP contribution in [0.25, 0.3) is 0 Å². The summed E-state index contributed by atoms with van der Waals surface area (Å²) in [5.41, 5.74) is 1.98. The molecule has 0 aliphatic carbocycles. The average molecular weight is 393 g/mol. The number of hydrogen-bond donors (Lipinski definition) is 1. The highest BCUT2D eigenvalue weighted by Gasteiger charge is 2.15. The summed E-state index contributed by atoms with van der Waals surface area (Å²) in [7, 11) is 2.47. The molecule has 0 atom stereocenters. The molecule has 3 rings (SSSR count). The molecule has 3 aromatic rings. The predicted octanol–water partition coefficient (Wildman–Crippen LogP) is 2.76. The Kier molecular flexibility index (Phi) is 6.03. The van der Waals surface area contributed by atoms with Crippen LogP contribution in [0, 0.1) is 0 Å². The fraction of sp³-hybridized carbons (Fsp3) is 0.143. The van der Waals surface area contributed by atoms with Crippen molar-refractivity contribution in [1.29, 1.82) is 0 Å². The predicted molar refractivity (Wildman–Crippen MR) is 105 cm³/mol. The van der Waals surface area contributed by atoms with Gasteiger partial charge in [0.05, 0.1) is 31.7 Å². The summed E-state index contributed by atoms with van der Waals surface area (Å²) < 4.78 is 11.3. The molecule has 1 aromatic heterocycles. The number of carbonyl (C=O) groups is 3. The maximum Gasteiger partial charge on any atom is 0.337 e. The van der Waals surface area contributed by atoms with Gasteiger partial charge in [-0.2, -0.15) is 0 Å². The summed E-state index contributed by atoms with van der Waals surface area (Å²) in [5.74, 6) is -1.64. The number of nitrogens with one attached hydrogen (secondary N) is 1. The molecular formula is C21H19N3O5. The maximum atomic E-state index is 12.6. The zero-order valence-electron chi connectivity index (χ0n) is 15.9. The third-order valence-electron chi connectivity index (χ3n) is 4.17. The van der Waals surface area contributed by atoms with Gasteiger partial charge < -0.3 is 19.4 Å². The average Bonchev–Trinajstić information content (AvgIpc) is 3.25. The molecule has 0 saturated heterocycles. The van der Waals surface area contributed by atoms with Crippen LogP contribution in [0.1, 0.15) is 36.6 Å². The Hall–Kier alpha value is -3.94. The van der Waals surface area contributed by atoms with E-state index in [0.717, 1.165) is 5.56 Å². The van der Waals surface area contributed by atoms with Crippen molar-refractivity contribution in [1.82, 2.24) is 9.55 Å². The van der Waals surface area contributed by atoms with Crippen molar-refractivity contribution in [2.75, 3.05) is 19.5 Å². The van der Waals surface area contributed by atoms with Crippen molar-refractivity contribution in [2.45, 2.75) is 6.54 Å². The lowest BCUT2D eigenvalue weighted by Crippen LogP contribution is -2.14. The van der Waals surface area contributed by atoms with Gasteiger partial charge in [-0.05, 0) is 35.9 Å². The van der Waals surface area contributed by atoms with Crippen molar-refractivity contribution in [3.8, 4) is 0 Å². The number of anilines is 1. The monoisotopic (exact) mass is 393 g/mol. The number of hydrogen-bond acceptors (Lipinski definition) is 6. The van der Waals surface area contributed by atoms with E-state index in [4.69, 9.17) is 9.47 Å². The zero-order chi connectivity index (χ0) is 20.8. The van der Waals surface area contributed by atoms with E-state index in [9.17, 15) is 14.4 Å². The van der Waals surface area contributed by atoms with Crippen LogP contribution in [0.2, 0.25) is 0 Å². The number of amides is 1. The number of benzene rings is 2. The van der Waals surface area contributed by atoms with Gasteiger partial charge >= 0.3 is 11.9 Å². The topological polar surface area (TPSA) is 99.5 Å². The van der Waals surface area contributed by atoms with E-state index in [1.165, 1.54) is 32.4 Å². The summed E-state index contributed by atoms with van der Waals surface area (Å²) in [4.78, 5) is 40.3. The molecule has 0 fully saturated rings. The summed E-state index contributed by atoms with van der Waals surface area (Å²) in [6, 6.07) is 11.3. The van der Waals surface area contributed by atoms with E-state index in [-0.39, 0.29) is 22.7 Å². The van der Waals surface area contributed by atoms with Gasteiger partial charge in [-0.1, -0.05) is 12.1 Å². The first-order chi connectivity index (χ1) is 14.0. The molecule has 0 unspecified atom stereocenters.